The van der Waals surface area contributed by atoms with Crippen molar-refractivity contribution in [2.45, 2.75) is 66.6 Å². The summed E-state index contributed by atoms with van der Waals surface area (Å²) in [6, 6.07) is 9.44. The van der Waals surface area contributed by atoms with E-state index in [1.54, 1.807) is 13.8 Å². The molecule has 0 fully saturated rings. The Bertz CT molecular complexity index is 592. The fourth-order valence-electron chi connectivity index (χ4n) is 1.50. The molecule has 0 heterocycles. The average molecular weight is 382 g/mol. The van der Waals surface area contributed by atoms with Gasteiger partial charge < -0.3 is 9.62 Å². The van der Waals surface area contributed by atoms with Crippen molar-refractivity contribution in [1.29, 1.82) is 0 Å². The first kappa shape index (κ1) is 24.5. The third-order valence-electron chi connectivity index (χ3n) is 2.79. The third-order valence-corrected chi connectivity index (χ3v) is 2.79. The second-order valence-corrected chi connectivity index (χ2v) is 6.43. The van der Waals surface area contributed by atoms with E-state index in [9.17, 15) is 9.59 Å². The highest BCUT2D eigenvalue weighted by Crippen LogP contribution is 2.24. The summed E-state index contributed by atoms with van der Waals surface area (Å²) in [6.45, 7) is 12.6. The van der Waals surface area contributed by atoms with E-state index in [-0.39, 0.29) is 11.7 Å². The Labute approximate surface area is 161 Å². The molecule has 0 saturated carbocycles. The molecule has 1 aromatic rings. The second-order valence-electron chi connectivity index (χ2n) is 6.43. The van der Waals surface area contributed by atoms with Crippen molar-refractivity contribution < 1.29 is 33.9 Å². The highest BCUT2D eigenvalue weighted by molar-refractivity contribution is 5.87. The first-order valence-electron chi connectivity index (χ1n) is 8.80. The predicted octanol–water partition coefficient (Wildman–Crippen LogP) is 5.21. The molecule has 27 heavy (non-hydrogen) atoms. The summed E-state index contributed by atoms with van der Waals surface area (Å²) in [4.78, 5) is 41.5. The molecule has 0 aliphatic heterocycles. The van der Waals surface area contributed by atoms with Crippen molar-refractivity contribution in [3.05, 3.63) is 47.7 Å². The van der Waals surface area contributed by atoms with Gasteiger partial charge in [-0.2, -0.15) is 9.68 Å². The van der Waals surface area contributed by atoms with Gasteiger partial charge in [0.05, 0.1) is 11.7 Å². The van der Waals surface area contributed by atoms with Crippen molar-refractivity contribution in [3.63, 3.8) is 0 Å². The molecule has 7 heteroatoms. The molecule has 0 radical (unpaired) electrons. The Kier molecular flexibility index (Phi) is 11.6. The molecule has 0 aliphatic carbocycles. The molecule has 7 nitrogen and oxygen atoms in total. The fraction of sp³-hybridized carbons (Fsp3) is 0.500. The van der Waals surface area contributed by atoms with Crippen LogP contribution in [-0.4, -0.2) is 18.2 Å². The van der Waals surface area contributed by atoms with Crippen molar-refractivity contribution >= 4 is 12.1 Å². The van der Waals surface area contributed by atoms with Crippen LogP contribution in [0.3, 0.4) is 0 Å². The number of hydrogen-bond acceptors (Lipinski definition) is 7. The first-order valence-corrected chi connectivity index (χ1v) is 8.80. The van der Waals surface area contributed by atoms with E-state index >= 15 is 0 Å². The maximum absolute atomic E-state index is 11.6. The fourth-order valence-corrected chi connectivity index (χ4v) is 1.50. The maximum atomic E-state index is 11.6. The van der Waals surface area contributed by atoms with Gasteiger partial charge in [0.1, 0.15) is 11.9 Å². The average Bonchev–Trinajstić information content (AvgIpc) is 2.60. The number of hydrogen-bond donors (Lipinski definition) is 0. The van der Waals surface area contributed by atoms with Crippen LogP contribution in [0.4, 0.5) is 4.79 Å². The largest absolute Gasteiger partial charge is 0.550 e. The smallest absolute Gasteiger partial charge is 0.429 e. The summed E-state index contributed by atoms with van der Waals surface area (Å²) < 4.78 is 4.64. The highest BCUT2D eigenvalue weighted by atomic mass is 17.2. The first-order chi connectivity index (χ1) is 12.6. The topological polar surface area (TPSA) is 80.3 Å². The molecular formula is C20H30O7. The van der Waals surface area contributed by atoms with Crippen molar-refractivity contribution in [2.75, 3.05) is 0 Å². The van der Waals surface area contributed by atoms with Crippen molar-refractivity contribution in [1.82, 2.24) is 0 Å². The molecule has 0 bridgehead atoms. The minimum atomic E-state index is -1.10. The molecule has 1 aromatic carbocycles. The lowest BCUT2D eigenvalue weighted by molar-refractivity contribution is -0.322. The molecule has 0 unspecified atom stereocenters. The lowest BCUT2D eigenvalue weighted by Gasteiger charge is -2.22. The summed E-state index contributed by atoms with van der Waals surface area (Å²) in [6.07, 6.45) is 0.822. The van der Waals surface area contributed by atoms with Crippen molar-refractivity contribution in [3.8, 4) is 0 Å². The van der Waals surface area contributed by atoms with Gasteiger partial charge in [-0.15, -0.1) is 0 Å². The molecule has 0 amide bonds. The van der Waals surface area contributed by atoms with Gasteiger partial charge in [0.15, 0.2) is 0 Å². The molecule has 0 N–H and O–H groups in total. The number of benzene rings is 1. The molecular weight excluding hydrogens is 352 g/mol. The molecule has 0 spiro atoms. The van der Waals surface area contributed by atoms with E-state index in [4.69, 9.17) is 9.78 Å². The summed E-state index contributed by atoms with van der Waals surface area (Å²) in [5.41, 5.74) is 0.217. The zero-order valence-electron chi connectivity index (χ0n) is 17.1. The Morgan fingerprint density at radius 3 is 2.15 bits per heavy atom. The van der Waals surface area contributed by atoms with Crippen LogP contribution in [0.1, 0.15) is 60.5 Å². The molecule has 152 valence electrons. The van der Waals surface area contributed by atoms with Crippen LogP contribution in [0.5, 0.6) is 0 Å². The summed E-state index contributed by atoms with van der Waals surface area (Å²) in [7, 11) is 0. The summed E-state index contributed by atoms with van der Waals surface area (Å²) >= 11 is 0. The van der Waals surface area contributed by atoms with E-state index in [2.05, 4.69) is 28.4 Å². The Hall–Kier alpha value is -2.54. The monoisotopic (exact) mass is 382 g/mol. The highest BCUT2D eigenvalue weighted by Gasteiger charge is 2.23. The minimum Gasteiger partial charge on any atom is -0.429 e. The van der Waals surface area contributed by atoms with Gasteiger partial charge in [-0.3, -0.25) is 0 Å². The molecule has 0 aromatic heterocycles. The van der Waals surface area contributed by atoms with E-state index in [1.807, 2.05) is 44.2 Å². The Morgan fingerprint density at radius 2 is 1.63 bits per heavy atom. The van der Waals surface area contributed by atoms with Crippen LogP contribution < -0.4 is 0 Å². The van der Waals surface area contributed by atoms with Gasteiger partial charge in [0.25, 0.3) is 0 Å². The van der Waals surface area contributed by atoms with Gasteiger partial charge in [-0.25, -0.2) is 14.6 Å². The van der Waals surface area contributed by atoms with Crippen LogP contribution in [0.2, 0.25) is 0 Å². The molecule has 0 saturated heterocycles. The summed E-state index contributed by atoms with van der Waals surface area (Å²) in [5, 5.41) is 0. The lowest BCUT2D eigenvalue weighted by Crippen LogP contribution is -2.21. The second kappa shape index (κ2) is 12.8. The molecule has 0 aliphatic rings. The standard InChI is InChI=1S/C17H22O7.C3H8/c1-12(2)21-16(19)23-22-15(18)13(3)11-20-24-17(4,5)14-9-7-6-8-10-14;1-3-2/h6-12H,1-5H3;3H2,1-2H3. The van der Waals surface area contributed by atoms with Gasteiger partial charge in [-0.1, -0.05) is 50.6 Å². The number of ether oxygens (including phenoxy) is 1. The lowest BCUT2D eigenvalue weighted by atomic mass is 9.99. The normalized spacial score (nSPS) is 11.2. The van der Waals surface area contributed by atoms with E-state index < -0.39 is 17.7 Å². The van der Waals surface area contributed by atoms with Crippen LogP contribution in [0.25, 0.3) is 0 Å². The Morgan fingerprint density at radius 1 is 1.07 bits per heavy atom. The Balaban J connectivity index is 0.00000210. The SMILES string of the molecule is CC(=COOC(C)(C)c1ccccc1)C(=O)OOC(=O)OC(C)C.CCC. The van der Waals surface area contributed by atoms with Gasteiger partial charge in [0, 0.05) is 0 Å². The molecule has 1 rings (SSSR count). The van der Waals surface area contributed by atoms with Gasteiger partial charge in [0.2, 0.25) is 0 Å². The van der Waals surface area contributed by atoms with Gasteiger partial charge in [-0.05, 0) is 40.2 Å². The van der Waals surface area contributed by atoms with Crippen LogP contribution >= 0.6 is 0 Å². The quantitative estimate of drug-likeness (QED) is 0.220. The van der Waals surface area contributed by atoms with Crippen LogP contribution in [-0.2, 0) is 34.7 Å². The van der Waals surface area contributed by atoms with E-state index in [0.717, 1.165) is 11.8 Å². The third kappa shape index (κ3) is 10.9. The van der Waals surface area contributed by atoms with Crippen LogP contribution in [0.15, 0.2) is 42.2 Å². The zero-order chi connectivity index (χ0) is 20.9. The number of carbonyl (C=O) groups excluding carboxylic acids is 2. The number of carbonyl (C=O) groups is 2. The van der Waals surface area contributed by atoms with E-state index in [1.165, 1.54) is 13.3 Å². The number of rotatable bonds is 6. The zero-order valence-corrected chi connectivity index (χ0v) is 17.1. The van der Waals surface area contributed by atoms with Crippen molar-refractivity contribution in [2.24, 2.45) is 0 Å². The van der Waals surface area contributed by atoms with E-state index in [0.29, 0.717) is 0 Å². The minimum absolute atomic E-state index is 0.0382. The summed E-state index contributed by atoms with van der Waals surface area (Å²) in [5.74, 6) is -0.906. The predicted molar refractivity (Wildman–Crippen MR) is 100 cm³/mol. The van der Waals surface area contributed by atoms with Crippen LogP contribution in [0, 0.1) is 0 Å². The molecule has 0 atom stereocenters. The van der Waals surface area contributed by atoms with Gasteiger partial charge >= 0.3 is 12.1 Å². The maximum Gasteiger partial charge on any atom is 0.550 e.